The largest absolute Gasteiger partial charge is 0.387 e. The SMILES string of the molecule is O=C(NCCc1ccccc1Cl)NC[C@@]1(O)CCSC1. The number of benzene rings is 1. The summed E-state index contributed by atoms with van der Waals surface area (Å²) >= 11 is 7.75. The molecule has 0 radical (unpaired) electrons. The number of urea groups is 1. The highest BCUT2D eigenvalue weighted by Gasteiger charge is 2.31. The normalized spacial score (nSPS) is 21.7. The van der Waals surface area contributed by atoms with Gasteiger partial charge in [0, 0.05) is 23.9 Å². The molecule has 1 fully saturated rings. The van der Waals surface area contributed by atoms with Crippen LogP contribution < -0.4 is 10.6 Å². The number of aliphatic hydroxyl groups is 1. The van der Waals surface area contributed by atoms with E-state index in [0.717, 1.165) is 17.7 Å². The minimum atomic E-state index is -0.745. The van der Waals surface area contributed by atoms with Gasteiger partial charge in [-0.15, -0.1) is 0 Å². The van der Waals surface area contributed by atoms with Crippen molar-refractivity contribution in [3.8, 4) is 0 Å². The lowest BCUT2D eigenvalue weighted by Crippen LogP contribution is -2.46. The average molecular weight is 315 g/mol. The number of rotatable bonds is 5. The molecule has 1 saturated heterocycles. The van der Waals surface area contributed by atoms with E-state index in [0.29, 0.717) is 30.3 Å². The Morgan fingerprint density at radius 2 is 2.20 bits per heavy atom. The maximum absolute atomic E-state index is 11.6. The van der Waals surface area contributed by atoms with Crippen molar-refractivity contribution < 1.29 is 9.90 Å². The fourth-order valence-corrected chi connectivity index (χ4v) is 3.58. The van der Waals surface area contributed by atoms with Gasteiger partial charge in [0.15, 0.2) is 0 Å². The predicted molar refractivity (Wildman–Crippen MR) is 83.4 cm³/mol. The molecule has 3 N–H and O–H groups in total. The van der Waals surface area contributed by atoms with Gasteiger partial charge in [0.1, 0.15) is 0 Å². The van der Waals surface area contributed by atoms with E-state index in [1.54, 1.807) is 11.8 Å². The molecule has 20 heavy (non-hydrogen) atoms. The molecule has 0 saturated carbocycles. The Bertz CT molecular complexity index is 464. The van der Waals surface area contributed by atoms with Crippen LogP contribution in [0.2, 0.25) is 5.02 Å². The van der Waals surface area contributed by atoms with Crippen molar-refractivity contribution in [2.24, 2.45) is 0 Å². The second kappa shape index (κ2) is 7.20. The molecular formula is C14H19ClN2O2S. The summed E-state index contributed by atoms with van der Waals surface area (Å²) in [6.07, 6.45) is 1.42. The average Bonchev–Trinajstić information content (AvgIpc) is 2.86. The van der Waals surface area contributed by atoms with Crippen molar-refractivity contribution in [2.75, 3.05) is 24.6 Å². The zero-order valence-corrected chi connectivity index (χ0v) is 12.8. The predicted octanol–water partition coefficient (Wildman–Crippen LogP) is 2.05. The molecule has 0 unspecified atom stereocenters. The van der Waals surface area contributed by atoms with Crippen LogP contribution in [0.5, 0.6) is 0 Å². The van der Waals surface area contributed by atoms with E-state index in [2.05, 4.69) is 10.6 Å². The van der Waals surface area contributed by atoms with Crippen LogP contribution >= 0.6 is 23.4 Å². The Kier molecular flexibility index (Phi) is 5.57. The number of nitrogens with one attached hydrogen (secondary N) is 2. The first-order chi connectivity index (χ1) is 9.59. The van der Waals surface area contributed by atoms with Gasteiger partial charge in [-0.25, -0.2) is 4.79 Å². The van der Waals surface area contributed by atoms with Crippen molar-refractivity contribution in [3.05, 3.63) is 34.9 Å². The molecule has 1 aliphatic heterocycles. The number of carbonyl (C=O) groups is 1. The fraction of sp³-hybridized carbons (Fsp3) is 0.500. The number of amides is 2. The van der Waals surface area contributed by atoms with E-state index >= 15 is 0 Å². The summed E-state index contributed by atoms with van der Waals surface area (Å²) < 4.78 is 0. The number of hydrogen-bond acceptors (Lipinski definition) is 3. The first kappa shape index (κ1) is 15.5. The summed E-state index contributed by atoms with van der Waals surface area (Å²) in [7, 11) is 0. The van der Waals surface area contributed by atoms with E-state index < -0.39 is 5.60 Å². The Morgan fingerprint density at radius 3 is 2.90 bits per heavy atom. The highest BCUT2D eigenvalue weighted by molar-refractivity contribution is 7.99. The van der Waals surface area contributed by atoms with Crippen LogP contribution in [0.15, 0.2) is 24.3 Å². The molecule has 0 spiro atoms. The molecular weight excluding hydrogens is 296 g/mol. The molecule has 1 atom stereocenters. The third kappa shape index (κ3) is 4.58. The quantitative estimate of drug-likeness (QED) is 0.779. The molecule has 110 valence electrons. The van der Waals surface area contributed by atoms with E-state index in [4.69, 9.17) is 11.6 Å². The van der Waals surface area contributed by atoms with Crippen molar-refractivity contribution >= 4 is 29.4 Å². The molecule has 0 aromatic heterocycles. The van der Waals surface area contributed by atoms with Gasteiger partial charge < -0.3 is 15.7 Å². The summed E-state index contributed by atoms with van der Waals surface area (Å²) in [5.74, 6) is 1.64. The lowest BCUT2D eigenvalue weighted by atomic mass is 10.0. The van der Waals surface area contributed by atoms with E-state index in [1.165, 1.54) is 0 Å². The smallest absolute Gasteiger partial charge is 0.314 e. The van der Waals surface area contributed by atoms with Crippen molar-refractivity contribution in [2.45, 2.75) is 18.4 Å². The van der Waals surface area contributed by atoms with Gasteiger partial charge in [0.05, 0.1) is 5.60 Å². The van der Waals surface area contributed by atoms with Crippen LogP contribution in [0.4, 0.5) is 4.79 Å². The zero-order chi connectivity index (χ0) is 14.4. The topological polar surface area (TPSA) is 61.4 Å². The summed E-state index contributed by atoms with van der Waals surface area (Å²) in [4.78, 5) is 11.6. The molecule has 0 bridgehead atoms. The molecule has 1 aromatic carbocycles. The number of carbonyl (C=O) groups excluding carboxylic acids is 1. The lowest BCUT2D eigenvalue weighted by molar-refractivity contribution is 0.0700. The van der Waals surface area contributed by atoms with Gasteiger partial charge in [0.2, 0.25) is 0 Å². The van der Waals surface area contributed by atoms with Crippen molar-refractivity contribution in [1.82, 2.24) is 10.6 Å². The second-order valence-electron chi connectivity index (χ2n) is 4.98. The fourth-order valence-electron chi connectivity index (χ4n) is 2.06. The lowest BCUT2D eigenvalue weighted by Gasteiger charge is -2.21. The highest BCUT2D eigenvalue weighted by Crippen LogP contribution is 2.26. The molecule has 6 heteroatoms. The Morgan fingerprint density at radius 1 is 1.40 bits per heavy atom. The minimum Gasteiger partial charge on any atom is -0.387 e. The second-order valence-corrected chi connectivity index (χ2v) is 6.49. The van der Waals surface area contributed by atoms with Gasteiger partial charge in [0.25, 0.3) is 0 Å². The number of halogens is 1. The van der Waals surface area contributed by atoms with Crippen LogP contribution in [0, 0.1) is 0 Å². The molecule has 4 nitrogen and oxygen atoms in total. The number of hydrogen-bond donors (Lipinski definition) is 3. The van der Waals surface area contributed by atoms with Crippen LogP contribution in [-0.4, -0.2) is 41.3 Å². The maximum Gasteiger partial charge on any atom is 0.314 e. The van der Waals surface area contributed by atoms with Crippen molar-refractivity contribution in [3.63, 3.8) is 0 Å². The molecule has 1 heterocycles. The van der Waals surface area contributed by atoms with Crippen molar-refractivity contribution in [1.29, 1.82) is 0 Å². The van der Waals surface area contributed by atoms with Gasteiger partial charge >= 0.3 is 6.03 Å². The van der Waals surface area contributed by atoms with Gasteiger partial charge in [-0.2, -0.15) is 11.8 Å². The van der Waals surface area contributed by atoms with Crippen LogP contribution in [-0.2, 0) is 6.42 Å². The first-order valence-corrected chi connectivity index (χ1v) is 8.18. The summed E-state index contributed by atoms with van der Waals surface area (Å²) in [5, 5.41) is 16.3. The summed E-state index contributed by atoms with van der Waals surface area (Å²) in [6, 6.07) is 7.34. The molecule has 1 aromatic rings. The van der Waals surface area contributed by atoms with E-state index in [9.17, 15) is 9.90 Å². The minimum absolute atomic E-state index is 0.248. The maximum atomic E-state index is 11.6. The monoisotopic (exact) mass is 314 g/mol. The first-order valence-electron chi connectivity index (χ1n) is 6.64. The third-order valence-corrected chi connectivity index (χ3v) is 4.90. The van der Waals surface area contributed by atoms with E-state index in [1.807, 2.05) is 24.3 Å². The number of thioether (sulfide) groups is 1. The molecule has 0 aliphatic carbocycles. The Balaban J connectivity index is 1.67. The summed E-state index contributed by atoms with van der Waals surface area (Å²) in [6.45, 7) is 0.820. The van der Waals surface area contributed by atoms with Gasteiger partial charge in [-0.05, 0) is 30.2 Å². The Labute approximate surface area is 128 Å². The zero-order valence-electron chi connectivity index (χ0n) is 11.2. The van der Waals surface area contributed by atoms with Crippen LogP contribution in [0.3, 0.4) is 0 Å². The molecule has 1 aliphatic rings. The molecule has 2 amide bonds. The van der Waals surface area contributed by atoms with Gasteiger partial charge in [-0.3, -0.25) is 0 Å². The Hall–Kier alpha value is -0.910. The van der Waals surface area contributed by atoms with E-state index in [-0.39, 0.29) is 6.03 Å². The van der Waals surface area contributed by atoms with Crippen LogP contribution in [0.1, 0.15) is 12.0 Å². The van der Waals surface area contributed by atoms with Crippen LogP contribution in [0.25, 0.3) is 0 Å². The third-order valence-electron chi connectivity index (χ3n) is 3.30. The highest BCUT2D eigenvalue weighted by atomic mass is 35.5. The van der Waals surface area contributed by atoms with Gasteiger partial charge in [-0.1, -0.05) is 29.8 Å². The molecule has 2 rings (SSSR count). The summed E-state index contributed by atoms with van der Waals surface area (Å²) in [5.41, 5.74) is 0.269. The standard InChI is InChI=1S/C14H19ClN2O2S/c15-12-4-2-1-3-11(12)5-7-16-13(18)17-9-14(19)6-8-20-10-14/h1-4,19H,5-10H2,(H2,16,17,18)/t14-/m0/s1.